The van der Waals surface area contributed by atoms with Crippen molar-refractivity contribution >= 4 is 21.9 Å². The summed E-state index contributed by atoms with van der Waals surface area (Å²) in [5, 5.41) is 2.41. The van der Waals surface area contributed by atoms with Gasteiger partial charge >= 0.3 is 12.1 Å². The van der Waals surface area contributed by atoms with Crippen molar-refractivity contribution in [2.75, 3.05) is 19.4 Å². The highest BCUT2D eigenvalue weighted by Crippen LogP contribution is 2.26. The number of cyclic esters (lactones) is 1. The van der Waals surface area contributed by atoms with E-state index in [9.17, 15) is 18.0 Å². The predicted molar refractivity (Wildman–Crippen MR) is 62.8 cm³/mol. The monoisotopic (exact) mass is 279 g/mol. The molecule has 7 nitrogen and oxygen atoms in total. The van der Waals surface area contributed by atoms with Gasteiger partial charge in [0.15, 0.2) is 14.6 Å². The third-order valence-corrected chi connectivity index (χ3v) is 4.86. The first-order chi connectivity index (χ1) is 8.20. The Labute approximate surface area is 106 Å². The highest BCUT2D eigenvalue weighted by molar-refractivity contribution is 7.92. The van der Waals surface area contributed by atoms with Gasteiger partial charge in [-0.3, -0.25) is 4.79 Å². The summed E-state index contributed by atoms with van der Waals surface area (Å²) >= 11 is 0. The van der Waals surface area contributed by atoms with Gasteiger partial charge in [0.1, 0.15) is 6.10 Å². The number of carbonyl (C=O) groups excluding carboxylic acids is 2. The number of hydrogen-bond acceptors (Lipinski definition) is 6. The average molecular weight is 279 g/mol. The van der Waals surface area contributed by atoms with Gasteiger partial charge in [0, 0.05) is 12.7 Å². The minimum absolute atomic E-state index is 0.0899. The second kappa shape index (κ2) is 5.13. The topological polar surface area (TPSA) is 98.8 Å². The van der Waals surface area contributed by atoms with Gasteiger partial charge in [-0.25, -0.2) is 13.2 Å². The first-order valence-corrected chi connectivity index (χ1v) is 7.41. The van der Waals surface area contributed by atoms with Gasteiger partial charge in [-0.05, 0) is 13.8 Å². The first kappa shape index (κ1) is 14.7. The zero-order chi connectivity index (χ0) is 14.0. The number of esters is 1. The zero-order valence-corrected chi connectivity index (χ0v) is 11.4. The molecule has 104 valence electrons. The maximum Gasteiger partial charge on any atom is 0.407 e. The van der Waals surface area contributed by atoms with Gasteiger partial charge in [-0.15, -0.1) is 0 Å². The van der Waals surface area contributed by atoms with Gasteiger partial charge in [0.25, 0.3) is 0 Å². The molecule has 8 heteroatoms. The van der Waals surface area contributed by atoms with Crippen LogP contribution >= 0.6 is 0 Å². The third kappa shape index (κ3) is 2.92. The van der Waals surface area contributed by atoms with Crippen LogP contribution in [0.2, 0.25) is 0 Å². The van der Waals surface area contributed by atoms with Crippen LogP contribution in [0, 0.1) is 0 Å². The van der Waals surface area contributed by atoms with Gasteiger partial charge in [0.2, 0.25) is 0 Å². The van der Waals surface area contributed by atoms with Crippen LogP contribution in [0.1, 0.15) is 20.3 Å². The molecule has 0 spiro atoms. The van der Waals surface area contributed by atoms with E-state index in [-0.39, 0.29) is 19.6 Å². The van der Waals surface area contributed by atoms with Crippen molar-refractivity contribution in [2.24, 2.45) is 0 Å². The van der Waals surface area contributed by atoms with Crippen LogP contribution < -0.4 is 5.32 Å². The summed E-state index contributed by atoms with van der Waals surface area (Å²) in [6.45, 7) is 3.15. The number of nitrogens with one attached hydrogen (secondary N) is 1. The van der Waals surface area contributed by atoms with E-state index >= 15 is 0 Å². The normalized spacial score (nSPS) is 22.8. The maximum absolute atomic E-state index is 11.8. The molecule has 1 amide bonds. The predicted octanol–water partition coefficient (Wildman–Crippen LogP) is -0.149. The number of rotatable bonds is 5. The Bertz CT molecular complexity index is 445. The van der Waals surface area contributed by atoms with E-state index in [0.29, 0.717) is 0 Å². The van der Waals surface area contributed by atoms with Crippen LogP contribution in [0.4, 0.5) is 4.79 Å². The van der Waals surface area contributed by atoms with E-state index in [0.717, 1.165) is 6.26 Å². The molecule has 2 atom stereocenters. The number of hydrogen-bond donors (Lipinski definition) is 1. The number of alkyl carbamates (subject to hydrolysis) is 1. The molecule has 1 saturated heterocycles. The quantitative estimate of drug-likeness (QED) is 0.703. The fraction of sp³-hybridized carbons (Fsp3) is 0.800. The van der Waals surface area contributed by atoms with E-state index in [1.54, 1.807) is 6.92 Å². The second-order valence-electron chi connectivity index (χ2n) is 4.34. The number of ether oxygens (including phenoxy) is 2. The molecule has 1 fully saturated rings. The summed E-state index contributed by atoms with van der Waals surface area (Å²) in [4.78, 5) is 22.7. The second-order valence-corrected chi connectivity index (χ2v) is 6.78. The molecule has 1 aliphatic rings. The number of carbonyl (C=O) groups is 2. The molecule has 0 aliphatic carbocycles. The van der Waals surface area contributed by atoms with Crippen LogP contribution in [0.15, 0.2) is 0 Å². The molecular formula is C10H17NO6S. The van der Waals surface area contributed by atoms with Crippen molar-refractivity contribution in [3.05, 3.63) is 0 Å². The van der Waals surface area contributed by atoms with Crippen molar-refractivity contribution in [2.45, 2.75) is 31.1 Å². The molecule has 0 aromatic heterocycles. The molecule has 1 rings (SSSR count). The van der Waals surface area contributed by atoms with Crippen molar-refractivity contribution in [1.29, 1.82) is 0 Å². The highest BCUT2D eigenvalue weighted by atomic mass is 32.2. The van der Waals surface area contributed by atoms with Crippen molar-refractivity contribution < 1.29 is 27.5 Å². The van der Waals surface area contributed by atoms with E-state index < -0.39 is 32.8 Å². The van der Waals surface area contributed by atoms with Gasteiger partial charge in [-0.1, -0.05) is 0 Å². The summed E-state index contributed by atoms with van der Waals surface area (Å²) in [5.41, 5.74) is 0. The summed E-state index contributed by atoms with van der Waals surface area (Å²) in [7, 11) is -3.68. The molecule has 0 unspecified atom stereocenters. The standard InChI is InChI=1S/C10H17NO6S/c1-4-16-8(12)10(2,18(3,14)15)5-7-6-11-9(13)17-7/h7H,4-6H2,1-3H3,(H,11,13)/t7-,10+/m0/s1. The molecule has 0 aromatic carbocycles. The maximum atomic E-state index is 11.8. The minimum Gasteiger partial charge on any atom is -0.465 e. The zero-order valence-electron chi connectivity index (χ0n) is 10.6. The highest BCUT2D eigenvalue weighted by Gasteiger charge is 2.48. The van der Waals surface area contributed by atoms with E-state index in [2.05, 4.69) is 5.32 Å². The lowest BCUT2D eigenvalue weighted by atomic mass is 10.0. The van der Waals surface area contributed by atoms with Crippen molar-refractivity contribution in [1.82, 2.24) is 5.32 Å². The fourth-order valence-electron chi connectivity index (χ4n) is 1.65. The van der Waals surface area contributed by atoms with Crippen molar-refractivity contribution in [3.63, 3.8) is 0 Å². The number of amides is 1. The lowest BCUT2D eigenvalue weighted by Gasteiger charge is -2.26. The van der Waals surface area contributed by atoms with E-state index in [1.165, 1.54) is 6.92 Å². The smallest absolute Gasteiger partial charge is 0.407 e. The Kier molecular flexibility index (Phi) is 4.20. The Hall–Kier alpha value is -1.31. The van der Waals surface area contributed by atoms with Gasteiger partial charge in [-0.2, -0.15) is 0 Å². The molecule has 0 radical (unpaired) electrons. The lowest BCUT2D eigenvalue weighted by Crippen LogP contribution is -2.47. The third-order valence-electron chi connectivity index (χ3n) is 2.89. The molecule has 1 heterocycles. The largest absolute Gasteiger partial charge is 0.465 e. The Morgan fingerprint density at radius 1 is 1.61 bits per heavy atom. The lowest BCUT2D eigenvalue weighted by molar-refractivity contribution is -0.146. The first-order valence-electron chi connectivity index (χ1n) is 5.52. The molecule has 0 aromatic rings. The Morgan fingerprint density at radius 2 is 2.22 bits per heavy atom. The fourth-order valence-corrected chi connectivity index (χ4v) is 2.50. The van der Waals surface area contributed by atoms with Gasteiger partial charge < -0.3 is 14.8 Å². The molecule has 1 aliphatic heterocycles. The van der Waals surface area contributed by atoms with Crippen LogP contribution in [-0.4, -0.2) is 50.7 Å². The summed E-state index contributed by atoms with van der Waals surface area (Å²) in [5.74, 6) is -0.824. The molecule has 18 heavy (non-hydrogen) atoms. The molecule has 0 saturated carbocycles. The number of sulfone groups is 1. The summed E-state index contributed by atoms with van der Waals surface area (Å²) in [6, 6.07) is 0. The summed E-state index contributed by atoms with van der Waals surface area (Å²) in [6.07, 6.45) is -0.418. The van der Waals surface area contributed by atoms with Crippen LogP contribution in [0.25, 0.3) is 0 Å². The van der Waals surface area contributed by atoms with Crippen LogP contribution in [-0.2, 0) is 24.1 Å². The van der Waals surface area contributed by atoms with Gasteiger partial charge in [0.05, 0.1) is 13.2 Å². The SMILES string of the molecule is CCOC(=O)[C@@](C)(C[C@H]1CNC(=O)O1)S(C)(=O)=O. The summed E-state index contributed by atoms with van der Waals surface area (Å²) < 4.78 is 31.5. The Morgan fingerprint density at radius 3 is 2.61 bits per heavy atom. The Balaban J connectivity index is 2.92. The van der Waals surface area contributed by atoms with Crippen LogP contribution in [0.5, 0.6) is 0 Å². The molecular weight excluding hydrogens is 262 g/mol. The van der Waals surface area contributed by atoms with Crippen molar-refractivity contribution in [3.8, 4) is 0 Å². The van der Waals surface area contributed by atoms with E-state index in [1.807, 2.05) is 0 Å². The molecule has 1 N–H and O–H groups in total. The average Bonchev–Trinajstić information content (AvgIpc) is 2.62. The molecule has 0 bridgehead atoms. The van der Waals surface area contributed by atoms with E-state index in [4.69, 9.17) is 9.47 Å². The van der Waals surface area contributed by atoms with Crippen LogP contribution in [0.3, 0.4) is 0 Å². The minimum atomic E-state index is -3.68.